The molecule has 4 fully saturated rings. The highest BCUT2D eigenvalue weighted by Crippen LogP contribution is 2.53. The van der Waals surface area contributed by atoms with Gasteiger partial charge in [-0.15, -0.1) is 0 Å². The molecule has 0 aromatic rings. The Bertz CT molecular complexity index is 393. The Balaban J connectivity index is 1.41. The van der Waals surface area contributed by atoms with Crippen LogP contribution in [0.3, 0.4) is 0 Å². The maximum absolute atomic E-state index is 11.0. The van der Waals surface area contributed by atoms with Crippen molar-refractivity contribution in [1.82, 2.24) is 10.0 Å². The lowest BCUT2D eigenvalue weighted by atomic mass is 9.54. The van der Waals surface area contributed by atoms with E-state index in [-0.39, 0.29) is 0 Å². The highest BCUT2D eigenvalue weighted by Gasteiger charge is 2.47. The van der Waals surface area contributed by atoms with Crippen LogP contribution in [0.1, 0.15) is 38.5 Å². The quantitative estimate of drug-likeness (QED) is 0.725. The van der Waals surface area contributed by atoms with Crippen molar-refractivity contribution in [2.75, 3.05) is 19.3 Å². The van der Waals surface area contributed by atoms with E-state index in [4.69, 9.17) is 0 Å². The molecule has 0 radical (unpaired) electrons. The van der Waals surface area contributed by atoms with E-state index in [1.165, 1.54) is 38.4 Å². The molecule has 0 aliphatic heterocycles. The van der Waals surface area contributed by atoms with E-state index in [0.717, 1.165) is 36.6 Å². The molecule has 0 heterocycles. The first-order valence-electron chi connectivity index (χ1n) is 7.69. The molecule has 4 bridgehead atoms. The van der Waals surface area contributed by atoms with Gasteiger partial charge in [0.05, 0.1) is 6.26 Å². The minimum absolute atomic E-state index is 0.555. The Hall–Kier alpha value is -0.130. The average molecular weight is 286 g/mol. The van der Waals surface area contributed by atoms with Gasteiger partial charge >= 0.3 is 0 Å². The van der Waals surface area contributed by atoms with Crippen LogP contribution < -0.4 is 10.0 Å². The van der Waals surface area contributed by atoms with Gasteiger partial charge in [0, 0.05) is 12.6 Å². The fourth-order valence-corrected chi connectivity index (χ4v) is 5.39. The Morgan fingerprint density at radius 2 is 1.53 bits per heavy atom. The van der Waals surface area contributed by atoms with Gasteiger partial charge in [0.25, 0.3) is 0 Å². The number of hydrogen-bond acceptors (Lipinski definition) is 3. The van der Waals surface area contributed by atoms with Crippen molar-refractivity contribution in [1.29, 1.82) is 0 Å². The second-order valence-corrected chi connectivity index (χ2v) is 8.76. The van der Waals surface area contributed by atoms with E-state index >= 15 is 0 Å². The van der Waals surface area contributed by atoms with Crippen LogP contribution in [0.2, 0.25) is 0 Å². The highest BCUT2D eigenvalue weighted by atomic mass is 32.2. The van der Waals surface area contributed by atoms with E-state index in [1.807, 2.05) is 0 Å². The van der Waals surface area contributed by atoms with Crippen molar-refractivity contribution in [2.45, 2.75) is 44.6 Å². The van der Waals surface area contributed by atoms with Gasteiger partial charge < -0.3 is 5.32 Å². The summed E-state index contributed by atoms with van der Waals surface area (Å²) in [6.45, 7) is 1.49. The van der Waals surface area contributed by atoms with Crippen LogP contribution in [-0.4, -0.2) is 33.8 Å². The minimum Gasteiger partial charge on any atom is -0.313 e. The van der Waals surface area contributed by atoms with Gasteiger partial charge in [-0.2, -0.15) is 0 Å². The standard InChI is InChI=1S/C14H26N2O2S/c1-19(17,18)16-4-2-3-15-14-12-6-10-5-11(8-12)9-13(14)7-10/h10-16H,2-9H2,1H3. The van der Waals surface area contributed by atoms with E-state index in [2.05, 4.69) is 10.0 Å². The van der Waals surface area contributed by atoms with Crippen LogP contribution in [0.15, 0.2) is 0 Å². The fraction of sp³-hybridized carbons (Fsp3) is 1.00. The van der Waals surface area contributed by atoms with E-state index in [9.17, 15) is 8.42 Å². The zero-order valence-corrected chi connectivity index (χ0v) is 12.6. The van der Waals surface area contributed by atoms with Crippen molar-refractivity contribution in [3.63, 3.8) is 0 Å². The third kappa shape index (κ3) is 3.31. The molecule has 2 N–H and O–H groups in total. The molecule has 0 unspecified atom stereocenters. The van der Waals surface area contributed by atoms with Crippen LogP contribution >= 0.6 is 0 Å². The average Bonchev–Trinajstić information content (AvgIpc) is 2.29. The van der Waals surface area contributed by atoms with Gasteiger partial charge in [0.2, 0.25) is 10.0 Å². The van der Waals surface area contributed by atoms with Gasteiger partial charge in [0.15, 0.2) is 0 Å². The van der Waals surface area contributed by atoms with E-state index in [0.29, 0.717) is 12.6 Å². The first-order chi connectivity index (χ1) is 9.01. The summed E-state index contributed by atoms with van der Waals surface area (Å²) in [4.78, 5) is 0. The van der Waals surface area contributed by atoms with E-state index in [1.54, 1.807) is 0 Å². The van der Waals surface area contributed by atoms with Crippen LogP contribution in [-0.2, 0) is 10.0 Å². The molecule has 4 nitrogen and oxygen atoms in total. The molecule has 0 saturated heterocycles. The number of sulfonamides is 1. The topological polar surface area (TPSA) is 58.2 Å². The molecule has 19 heavy (non-hydrogen) atoms. The molecule has 0 aromatic carbocycles. The van der Waals surface area contributed by atoms with Gasteiger partial charge in [-0.1, -0.05) is 0 Å². The Kier molecular flexibility index (Phi) is 3.89. The summed E-state index contributed by atoms with van der Waals surface area (Å²) >= 11 is 0. The largest absolute Gasteiger partial charge is 0.313 e. The van der Waals surface area contributed by atoms with Gasteiger partial charge in [0.1, 0.15) is 0 Å². The molecule has 0 spiro atoms. The summed E-state index contributed by atoms with van der Waals surface area (Å²) in [5.74, 6) is 3.85. The first kappa shape index (κ1) is 13.8. The number of hydrogen-bond donors (Lipinski definition) is 2. The Labute approximate surface area is 116 Å². The zero-order valence-electron chi connectivity index (χ0n) is 11.8. The zero-order chi connectivity index (χ0) is 13.5. The Morgan fingerprint density at radius 3 is 2.05 bits per heavy atom. The maximum Gasteiger partial charge on any atom is 0.208 e. The van der Waals surface area contributed by atoms with Crippen LogP contribution in [0, 0.1) is 23.7 Å². The monoisotopic (exact) mass is 286 g/mol. The normalized spacial score (nSPS) is 40.8. The first-order valence-corrected chi connectivity index (χ1v) is 9.58. The lowest BCUT2D eigenvalue weighted by Crippen LogP contribution is -2.54. The molecular weight excluding hydrogens is 260 g/mol. The molecule has 4 rings (SSSR count). The van der Waals surface area contributed by atoms with Crippen molar-refractivity contribution in [3.8, 4) is 0 Å². The van der Waals surface area contributed by atoms with Gasteiger partial charge in [-0.3, -0.25) is 0 Å². The second kappa shape index (κ2) is 5.34. The van der Waals surface area contributed by atoms with Crippen molar-refractivity contribution in [3.05, 3.63) is 0 Å². The Morgan fingerprint density at radius 1 is 0.947 bits per heavy atom. The van der Waals surface area contributed by atoms with Gasteiger partial charge in [-0.25, -0.2) is 13.1 Å². The lowest BCUT2D eigenvalue weighted by molar-refractivity contribution is -0.0135. The predicted octanol–water partition coefficient (Wildman–Crippen LogP) is 1.34. The molecule has 0 amide bonds. The maximum atomic E-state index is 11.0. The predicted molar refractivity (Wildman–Crippen MR) is 76.3 cm³/mol. The molecule has 4 saturated carbocycles. The summed E-state index contributed by atoms with van der Waals surface area (Å²) in [5, 5.41) is 3.72. The van der Waals surface area contributed by atoms with Crippen molar-refractivity contribution >= 4 is 10.0 Å². The number of nitrogens with one attached hydrogen (secondary N) is 2. The summed E-state index contributed by atoms with van der Waals surface area (Å²) < 4.78 is 24.5. The SMILES string of the molecule is CS(=O)(=O)NCCCNC1C2CC3CC(C2)CC1C3. The molecule has 4 aliphatic rings. The summed E-state index contributed by atoms with van der Waals surface area (Å²) in [6, 6.07) is 0.714. The summed E-state index contributed by atoms with van der Waals surface area (Å²) in [6.07, 6.45) is 9.35. The third-order valence-corrected chi connectivity index (χ3v) is 6.05. The minimum atomic E-state index is -3.02. The van der Waals surface area contributed by atoms with Gasteiger partial charge in [-0.05, 0) is 68.7 Å². The second-order valence-electron chi connectivity index (χ2n) is 6.93. The van der Waals surface area contributed by atoms with Crippen LogP contribution in [0.4, 0.5) is 0 Å². The molecule has 0 atom stereocenters. The fourth-order valence-electron chi connectivity index (χ4n) is 4.87. The van der Waals surface area contributed by atoms with Crippen molar-refractivity contribution in [2.24, 2.45) is 23.7 Å². The molecular formula is C14H26N2O2S. The number of rotatable bonds is 6. The highest BCUT2D eigenvalue weighted by molar-refractivity contribution is 7.88. The smallest absolute Gasteiger partial charge is 0.208 e. The van der Waals surface area contributed by atoms with E-state index < -0.39 is 10.0 Å². The summed E-state index contributed by atoms with van der Waals surface area (Å²) in [5.41, 5.74) is 0. The third-order valence-electron chi connectivity index (χ3n) is 5.32. The molecule has 5 heteroatoms. The summed E-state index contributed by atoms with van der Waals surface area (Å²) in [7, 11) is -3.02. The molecule has 0 aromatic heterocycles. The van der Waals surface area contributed by atoms with Crippen LogP contribution in [0.25, 0.3) is 0 Å². The molecule has 4 aliphatic carbocycles. The van der Waals surface area contributed by atoms with Crippen LogP contribution in [0.5, 0.6) is 0 Å². The van der Waals surface area contributed by atoms with Crippen molar-refractivity contribution < 1.29 is 8.42 Å². The lowest BCUT2D eigenvalue weighted by Gasteiger charge is -2.54. The molecule has 110 valence electrons.